The summed E-state index contributed by atoms with van der Waals surface area (Å²) in [6.07, 6.45) is 0. The van der Waals surface area contributed by atoms with E-state index in [0.717, 1.165) is 33.8 Å². The van der Waals surface area contributed by atoms with Gasteiger partial charge in [-0.25, -0.2) is 0 Å². The lowest BCUT2D eigenvalue weighted by molar-refractivity contribution is -0.118. The molecule has 0 radical (unpaired) electrons. The first-order valence-electron chi connectivity index (χ1n) is 11.6. The summed E-state index contributed by atoms with van der Waals surface area (Å²) in [7, 11) is 1.58. The maximum atomic E-state index is 13.9. The Balaban J connectivity index is 1.50. The first kappa shape index (κ1) is 25.3. The molecule has 5 rings (SSSR count). The number of para-hydroxylation sites is 2. The monoisotopic (exact) mass is 552 g/mol. The number of fused-ring (bicyclic) bond motifs is 1. The number of methoxy groups -OCH3 is 1. The number of benzene rings is 4. The number of aryl methyl sites for hydroxylation is 1. The minimum absolute atomic E-state index is 0.0941. The van der Waals surface area contributed by atoms with Crippen molar-refractivity contribution in [2.24, 2.45) is 0 Å². The van der Waals surface area contributed by atoms with Crippen LogP contribution >= 0.6 is 34.8 Å². The van der Waals surface area contributed by atoms with Gasteiger partial charge in [0.15, 0.2) is 5.75 Å². The number of nitrogens with zero attached hydrogens (tertiary/aromatic N) is 1. The number of ether oxygens (including phenoxy) is 2. The Hall–Kier alpha value is -3.38. The molecule has 0 spiro atoms. The fraction of sp³-hybridized carbons (Fsp3) is 0.138. The van der Waals surface area contributed by atoms with E-state index in [9.17, 15) is 4.79 Å². The number of nitrogens with one attached hydrogen (secondary N) is 1. The number of anilines is 3. The highest BCUT2D eigenvalue weighted by Crippen LogP contribution is 2.42. The molecular formula is C29H23Cl3N2O3. The molecule has 5 nitrogen and oxygen atoms in total. The molecule has 1 aliphatic heterocycles. The summed E-state index contributed by atoms with van der Waals surface area (Å²) < 4.78 is 11.5. The van der Waals surface area contributed by atoms with E-state index in [2.05, 4.69) is 5.32 Å². The van der Waals surface area contributed by atoms with Crippen molar-refractivity contribution in [2.75, 3.05) is 17.3 Å². The van der Waals surface area contributed by atoms with Gasteiger partial charge in [-0.3, -0.25) is 9.69 Å². The summed E-state index contributed by atoms with van der Waals surface area (Å²) in [5, 5.41) is 4.44. The fourth-order valence-electron chi connectivity index (χ4n) is 4.35. The highest BCUT2D eigenvalue weighted by Gasteiger charge is 2.34. The standard InChI is InChI=1S/C29H23Cl3N2O3/c1-17-7-10-21(11-8-17)34-25-6-4-3-5-24(25)33-27(29(34)35)18-9-12-26(36-2)19(13-18)16-37-28-22(31)14-20(30)15-23(28)32/h3-15,27,33H,16H2,1-2H3. The van der Waals surface area contributed by atoms with E-state index in [1.807, 2.05) is 73.7 Å². The summed E-state index contributed by atoms with van der Waals surface area (Å²) in [6, 6.07) is 23.8. The quantitative estimate of drug-likeness (QED) is 0.261. The van der Waals surface area contributed by atoms with Crippen LogP contribution in [0.4, 0.5) is 17.1 Å². The second-order valence-electron chi connectivity index (χ2n) is 8.66. The Kier molecular flexibility index (Phi) is 7.20. The average molecular weight is 554 g/mol. The van der Waals surface area contributed by atoms with Crippen LogP contribution in [0.2, 0.25) is 15.1 Å². The maximum absolute atomic E-state index is 13.9. The number of carbonyl (C=O) groups is 1. The van der Waals surface area contributed by atoms with Crippen molar-refractivity contribution in [3.05, 3.63) is 111 Å². The molecule has 4 aromatic rings. The molecule has 0 bridgehead atoms. The van der Waals surface area contributed by atoms with Crippen LogP contribution in [0, 0.1) is 6.92 Å². The molecule has 0 saturated heterocycles. The normalized spacial score (nSPS) is 14.7. The van der Waals surface area contributed by atoms with Crippen LogP contribution in [0.1, 0.15) is 22.7 Å². The minimum Gasteiger partial charge on any atom is -0.496 e. The topological polar surface area (TPSA) is 50.8 Å². The zero-order valence-electron chi connectivity index (χ0n) is 20.1. The molecule has 1 aliphatic rings. The molecule has 0 saturated carbocycles. The second-order valence-corrected chi connectivity index (χ2v) is 9.91. The van der Waals surface area contributed by atoms with E-state index in [-0.39, 0.29) is 12.5 Å². The Morgan fingerprint density at radius 3 is 2.32 bits per heavy atom. The predicted octanol–water partition coefficient (Wildman–Crippen LogP) is 8.37. The molecule has 8 heteroatoms. The number of rotatable bonds is 6. The molecule has 0 aliphatic carbocycles. The van der Waals surface area contributed by atoms with Crippen molar-refractivity contribution in [2.45, 2.75) is 19.6 Å². The first-order chi connectivity index (χ1) is 17.9. The molecule has 4 aromatic carbocycles. The highest BCUT2D eigenvalue weighted by molar-refractivity contribution is 6.40. The van der Waals surface area contributed by atoms with Gasteiger partial charge in [0.1, 0.15) is 18.4 Å². The van der Waals surface area contributed by atoms with Gasteiger partial charge in [0.2, 0.25) is 0 Å². The van der Waals surface area contributed by atoms with Gasteiger partial charge < -0.3 is 14.8 Å². The number of hydrogen-bond acceptors (Lipinski definition) is 4. The summed E-state index contributed by atoms with van der Waals surface area (Å²) in [4.78, 5) is 15.6. The van der Waals surface area contributed by atoms with E-state index in [4.69, 9.17) is 44.3 Å². The molecule has 1 amide bonds. The van der Waals surface area contributed by atoms with Crippen molar-refractivity contribution in [3.63, 3.8) is 0 Å². The van der Waals surface area contributed by atoms with Crippen molar-refractivity contribution >= 4 is 57.8 Å². The van der Waals surface area contributed by atoms with Crippen molar-refractivity contribution in [1.82, 2.24) is 0 Å². The van der Waals surface area contributed by atoms with Gasteiger partial charge in [0, 0.05) is 16.3 Å². The first-order valence-corrected chi connectivity index (χ1v) is 12.7. The van der Waals surface area contributed by atoms with Gasteiger partial charge in [-0.15, -0.1) is 0 Å². The predicted molar refractivity (Wildman–Crippen MR) is 150 cm³/mol. The van der Waals surface area contributed by atoms with E-state index >= 15 is 0 Å². The molecule has 188 valence electrons. The average Bonchev–Trinajstić information content (AvgIpc) is 2.88. The fourth-order valence-corrected chi connectivity index (χ4v) is 5.28. The van der Waals surface area contributed by atoms with Crippen LogP contribution in [0.25, 0.3) is 0 Å². The van der Waals surface area contributed by atoms with Gasteiger partial charge in [0.25, 0.3) is 5.91 Å². The van der Waals surface area contributed by atoms with Gasteiger partial charge >= 0.3 is 0 Å². The largest absolute Gasteiger partial charge is 0.496 e. The zero-order valence-corrected chi connectivity index (χ0v) is 22.4. The molecule has 0 fully saturated rings. The molecular weight excluding hydrogens is 531 g/mol. The number of hydrogen-bond donors (Lipinski definition) is 1. The van der Waals surface area contributed by atoms with Gasteiger partial charge in [-0.2, -0.15) is 0 Å². The summed E-state index contributed by atoms with van der Waals surface area (Å²) in [6.45, 7) is 2.14. The smallest absolute Gasteiger partial charge is 0.258 e. The molecule has 1 heterocycles. The number of halogens is 3. The van der Waals surface area contributed by atoms with E-state index in [0.29, 0.717) is 26.6 Å². The SMILES string of the molecule is COc1ccc(C2Nc3ccccc3N(c3ccc(C)cc3)C2=O)cc1COc1c(Cl)cc(Cl)cc1Cl. The molecule has 1 unspecified atom stereocenters. The van der Waals surface area contributed by atoms with Gasteiger partial charge in [-0.1, -0.05) is 70.7 Å². The van der Waals surface area contributed by atoms with Crippen LogP contribution in [0.5, 0.6) is 11.5 Å². The van der Waals surface area contributed by atoms with Crippen molar-refractivity contribution in [3.8, 4) is 11.5 Å². The van der Waals surface area contributed by atoms with Gasteiger partial charge in [-0.05, 0) is 61.0 Å². The zero-order chi connectivity index (χ0) is 26.1. The third kappa shape index (κ3) is 5.08. The number of amides is 1. The van der Waals surface area contributed by atoms with Crippen molar-refractivity contribution < 1.29 is 14.3 Å². The number of carbonyl (C=O) groups excluding carboxylic acids is 1. The van der Waals surface area contributed by atoms with Crippen LogP contribution in [-0.2, 0) is 11.4 Å². The Labute approximate surface area is 230 Å². The third-order valence-corrected chi connectivity index (χ3v) is 6.96. The van der Waals surface area contributed by atoms with E-state index in [1.54, 1.807) is 24.1 Å². The molecule has 1 N–H and O–H groups in total. The van der Waals surface area contributed by atoms with Crippen LogP contribution in [0.3, 0.4) is 0 Å². The maximum Gasteiger partial charge on any atom is 0.258 e. The Morgan fingerprint density at radius 1 is 0.919 bits per heavy atom. The highest BCUT2D eigenvalue weighted by atomic mass is 35.5. The summed E-state index contributed by atoms with van der Waals surface area (Å²) in [5.41, 5.74) is 5.09. The molecule has 37 heavy (non-hydrogen) atoms. The van der Waals surface area contributed by atoms with Crippen molar-refractivity contribution in [1.29, 1.82) is 0 Å². The van der Waals surface area contributed by atoms with Crippen LogP contribution in [-0.4, -0.2) is 13.0 Å². The lowest BCUT2D eigenvalue weighted by Crippen LogP contribution is -2.39. The van der Waals surface area contributed by atoms with E-state index in [1.165, 1.54) is 0 Å². The summed E-state index contributed by atoms with van der Waals surface area (Å²) >= 11 is 18.6. The lowest BCUT2D eigenvalue weighted by Gasteiger charge is -2.35. The van der Waals surface area contributed by atoms with Crippen LogP contribution < -0.4 is 19.7 Å². The minimum atomic E-state index is -0.622. The van der Waals surface area contributed by atoms with E-state index < -0.39 is 6.04 Å². The second kappa shape index (κ2) is 10.5. The Bertz CT molecular complexity index is 1450. The third-order valence-electron chi connectivity index (χ3n) is 6.18. The van der Waals surface area contributed by atoms with Gasteiger partial charge in [0.05, 0.1) is 28.5 Å². The Morgan fingerprint density at radius 2 is 1.62 bits per heavy atom. The lowest BCUT2D eigenvalue weighted by atomic mass is 9.98. The molecule has 1 atom stereocenters. The van der Waals surface area contributed by atoms with Crippen LogP contribution in [0.15, 0.2) is 78.9 Å². The molecule has 0 aromatic heterocycles. The summed E-state index contributed by atoms with van der Waals surface area (Å²) in [5.74, 6) is 0.846.